The quantitative estimate of drug-likeness (QED) is 0.0916. The maximum atomic E-state index is 14.4. The number of likely N-dealkylation sites (tertiary alicyclic amines) is 1. The number of rotatable bonds is 14. The summed E-state index contributed by atoms with van der Waals surface area (Å²) >= 11 is 1.61. The molecule has 356 valence electrons. The largest absolute Gasteiger partial charge is 0.463 e. The van der Waals surface area contributed by atoms with Crippen LogP contribution in [0.2, 0.25) is 0 Å². The van der Waals surface area contributed by atoms with Crippen molar-refractivity contribution in [3.8, 4) is 28.3 Å². The van der Waals surface area contributed by atoms with Crippen LogP contribution < -0.4 is 15.4 Å². The molecule has 3 aromatic heterocycles. The molecule has 4 aliphatic heterocycles. The highest BCUT2D eigenvalue weighted by atomic mass is 32.1. The monoisotopic (exact) mass is 943 g/mol. The molecule has 0 bridgehead atoms. The minimum absolute atomic E-state index is 0.00142. The molecule has 0 spiro atoms. The summed E-state index contributed by atoms with van der Waals surface area (Å²) in [6, 6.07) is 25.2. The van der Waals surface area contributed by atoms with Crippen LogP contribution in [0.3, 0.4) is 0 Å². The van der Waals surface area contributed by atoms with Gasteiger partial charge in [-0.3, -0.25) is 19.2 Å². The Morgan fingerprint density at radius 1 is 1.03 bits per heavy atom. The van der Waals surface area contributed by atoms with E-state index in [9.17, 15) is 9.70 Å². The number of ether oxygens (including phenoxy) is 1. The number of hydrogen-bond acceptors (Lipinski definition) is 10. The Balaban J connectivity index is 0.827. The highest BCUT2D eigenvalue weighted by molar-refractivity contribution is 7.09. The van der Waals surface area contributed by atoms with Crippen LogP contribution in [0.4, 0.5) is 0 Å². The molecule has 7 heterocycles. The number of amides is 1. The van der Waals surface area contributed by atoms with Crippen LogP contribution in [-0.2, 0) is 11.3 Å². The zero-order chi connectivity index (χ0) is 47.3. The molecule has 69 heavy (non-hydrogen) atoms. The fraction of sp³-hybridized carbons (Fsp3) is 0.400. The summed E-state index contributed by atoms with van der Waals surface area (Å²) in [5.41, 5.74) is 9.28. The minimum Gasteiger partial charge on any atom is -0.463 e. The summed E-state index contributed by atoms with van der Waals surface area (Å²) < 4.78 is 10.5. The van der Waals surface area contributed by atoms with Gasteiger partial charge in [-0.05, 0) is 94.7 Å². The summed E-state index contributed by atoms with van der Waals surface area (Å²) in [6.45, 7) is 11.8. The molecule has 1 aliphatic carbocycles. The number of likely N-dealkylation sites (N-methyl/N-ethyl adjacent to an activating group) is 2. The van der Waals surface area contributed by atoms with Gasteiger partial charge in [-0.15, -0.1) is 11.3 Å². The van der Waals surface area contributed by atoms with Crippen molar-refractivity contribution in [2.24, 2.45) is 5.92 Å². The van der Waals surface area contributed by atoms with Crippen LogP contribution in [0.1, 0.15) is 99.0 Å². The molecule has 2 saturated heterocycles. The van der Waals surface area contributed by atoms with Crippen molar-refractivity contribution >= 4 is 28.1 Å². The fourth-order valence-corrected chi connectivity index (χ4v) is 12.4. The number of nitroso groups, excluding NO2 is 1. The number of aryl methyl sites for hydroxylation is 1. The van der Waals surface area contributed by atoms with Crippen molar-refractivity contribution in [3.05, 3.63) is 153 Å². The Morgan fingerprint density at radius 3 is 2.68 bits per heavy atom. The second-order valence-corrected chi connectivity index (χ2v) is 20.4. The standard InChI is InChI=1S/C55H63N10O3S/c1-6-61(5)50(37-17-12-9-13-18-37)54(66)63-26-14-19-46(63)43-31-56-51(60-43)39-21-23-45-40(27-39)28-48-41-22-20-38(29-49(41)68-55(64(45)48)53-58-34(3)33-69-53)42-30-57-52(59-42)47-25-24-44(65(47)67)35(4)62(7-2)32-36-15-10-8-11-16-36/h8-13,15-17,20-23,27-31,33,35,37,44,46-47,50-51,55-56,60H,6-7,14,18-19,24-26,32H2,1-5H3,(H,57,59)/q+1. The molecule has 8 atom stereocenters. The number of nitrogens with one attached hydrogen (secondary N) is 3. The zero-order valence-corrected chi connectivity index (χ0v) is 41.0. The predicted molar refractivity (Wildman–Crippen MR) is 272 cm³/mol. The van der Waals surface area contributed by atoms with E-state index in [4.69, 9.17) is 14.7 Å². The lowest BCUT2D eigenvalue weighted by Crippen LogP contribution is -2.53. The van der Waals surface area contributed by atoms with Crippen molar-refractivity contribution < 1.29 is 14.3 Å². The lowest BCUT2D eigenvalue weighted by atomic mass is 9.90. The number of fused-ring (bicyclic) bond motifs is 5. The molecule has 0 radical (unpaired) electrons. The lowest BCUT2D eigenvalue weighted by Gasteiger charge is -2.37. The second-order valence-electron chi connectivity index (χ2n) is 19.5. The molecule has 0 saturated carbocycles. The number of benzene rings is 3. The van der Waals surface area contributed by atoms with Crippen molar-refractivity contribution in [1.29, 1.82) is 0 Å². The Bertz CT molecular complexity index is 2970. The van der Waals surface area contributed by atoms with E-state index in [1.807, 2.05) is 19.2 Å². The molecule has 1 amide bonds. The average Bonchev–Trinajstić information content (AvgIpc) is 4.25. The normalized spacial score (nSPS) is 23.8. The summed E-state index contributed by atoms with van der Waals surface area (Å²) in [5.74, 6) is 1.84. The highest BCUT2D eigenvalue weighted by Gasteiger charge is 2.48. The van der Waals surface area contributed by atoms with Crippen molar-refractivity contribution in [1.82, 2.24) is 44.9 Å². The number of allylic oxidation sites excluding steroid dienone is 3. The number of imidazole rings is 1. The zero-order valence-electron chi connectivity index (χ0n) is 40.2. The number of carbonyl (C=O) groups excluding carboxylic acids is 1. The smallest absolute Gasteiger partial charge is 0.258 e. The number of thiazole rings is 1. The Morgan fingerprint density at radius 2 is 1.90 bits per heavy atom. The van der Waals surface area contributed by atoms with Crippen molar-refractivity contribution in [2.75, 3.05) is 26.7 Å². The van der Waals surface area contributed by atoms with E-state index in [2.05, 4.69) is 165 Å². The topological polar surface area (TPSA) is 127 Å². The first-order chi connectivity index (χ1) is 33.7. The Kier molecular flexibility index (Phi) is 12.3. The van der Waals surface area contributed by atoms with Crippen molar-refractivity contribution in [3.63, 3.8) is 0 Å². The van der Waals surface area contributed by atoms with Gasteiger partial charge in [0.05, 0.1) is 46.9 Å². The molecule has 3 N–H and O–H groups in total. The van der Waals surface area contributed by atoms with Gasteiger partial charge in [0.1, 0.15) is 11.9 Å². The van der Waals surface area contributed by atoms with E-state index in [-0.39, 0.29) is 48.2 Å². The van der Waals surface area contributed by atoms with Gasteiger partial charge in [-0.1, -0.05) is 80.6 Å². The molecule has 11 rings (SSSR count). The third-order valence-electron chi connectivity index (χ3n) is 15.4. The van der Waals surface area contributed by atoms with Crippen LogP contribution >= 0.6 is 11.3 Å². The van der Waals surface area contributed by atoms with E-state index < -0.39 is 6.23 Å². The highest BCUT2D eigenvalue weighted by Crippen LogP contribution is 2.47. The maximum absolute atomic E-state index is 14.4. The SMILES string of the molecule is CCN(C)C(C(=O)N1CCCC1C1=CNC(c2ccc3c(c2)cc2n3C(c3nc(C)cs3)Oc3cc(-c4cnc(C5CCC(C(C)N(CC)Cc6ccccc6)[N+]5=O)[nH]4)ccc3-2)N1)C1C=CC=CC1. The second kappa shape index (κ2) is 18.9. The van der Waals surface area contributed by atoms with E-state index in [0.717, 1.165) is 119 Å². The van der Waals surface area contributed by atoms with E-state index in [1.165, 1.54) is 10.3 Å². The third kappa shape index (κ3) is 8.39. The number of carbonyl (C=O) groups is 1. The first-order valence-corrected chi connectivity index (χ1v) is 25.8. The number of hydrogen-bond donors (Lipinski definition) is 3. The summed E-state index contributed by atoms with van der Waals surface area (Å²) in [6.07, 6.45) is 16.2. The number of H-pyrrole nitrogens is 1. The molecule has 5 aliphatic rings. The molecular formula is C55H63N10O3S+. The molecule has 13 nitrogen and oxygen atoms in total. The first kappa shape index (κ1) is 45.1. The molecule has 14 heteroatoms. The number of nitrogens with zero attached hydrogens (tertiary/aromatic N) is 7. The van der Waals surface area contributed by atoms with Gasteiger partial charge in [0, 0.05) is 75.3 Å². The van der Waals surface area contributed by atoms with E-state index in [1.54, 1.807) is 11.3 Å². The summed E-state index contributed by atoms with van der Waals surface area (Å²) in [5, 5.41) is 11.5. The van der Waals surface area contributed by atoms with E-state index >= 15 is 0 Å². The van der Waals surface area contributed by atoms with Gasteiger partial charge in [0.15, 0.2) is 10.8 Å². The lowest BCUT2D eigenvalue weighted by molar-refractivity contribution is -0.610. The molecule has 3 aromatic carbocycles. The van der Waals surface area contributed by atoms with Gasteiger partial charge < -0.3 is 25.3 Å². The number of aromatic amines is 1. The fourth-order valence-electron chi connectivity index (χ4n) is 11.5. The molecule has 6 aromatic rings. The summed E-state index contributed by atoms with van der Waals surface area (Å²) in [4.78, 5) is 48.4. The predicted octanol–water partition coefficient (Wildman–Crippen LogP) is 9.77. The number of aromatic nitrogens is 4. The van der Waals surface area contributed by atoms with Crippen LogP contribution in [0.25, 0.3) is 33.4 Å². The Labute approximate surface area is 408 Å². The minimum atomic E-state index is -0.462. The van der Waals surface area contributed by atoms with Gasteiger partial charge in [0.25, 0.3) is 6.04 Å². The third-order valence-corrected chi connectivity index (χ3v) is 16.4. The van der Waals surface area contributed by atoms with Crippen LogP contribution in [-0.4, -0.2) is 95.7 Å². The Hall–Kier alpha value is -6.35. The molecule has 8 unspecified atom stereocenters. The van der Waals surface area contributed by atoms with Crippen LogP contribution in [0.5, 0.6) is 5.75 Å². The van der Waals surface area contributed by atoms with Crippen molar-refractivity contribution in [2.45, 2.75) is 109 Å². The molecule has 2 fully saturated rings. The maximum Gasteiger partial charge on any atom is 0.258 e. The van der Waals surface area contributed by atoms with Crippen LogP contribution in [0, 0.1) is 17.7 Å². The van der Waals surface area contributed by atoms with Gasteiger partial charge in [0.2, 0.25) is 18.2 Å². The molecular weight excluding hydrogens is 881 g/mol. The van der Waals surface area contributed by atoms with Gasteiger partial charge in [-0.25, -0.2) is 9.97 Å². The van der Waals surface area contributed by atoms with Crippen LogP contribution in [0.15, 0.2) is 121 Å². The first-order valence-electron chi connectivity index (χ1n) is 24.9. The summed E-state index contributed by atoms with van der Waals surface area (Å²) in [7, 11) is 2.07. The van der Waals surface area contributed by atoms with Gasteiger partial charge >= 0.3 is 0 Å². The van der Waals surface area contributed by atoms with Gasteiger partial charge in [-0.2, -0.15) is 0 Å². The average molecular weight is 944 g/mol. The van der Waals surface area contributed by atoms with E-state index in [0.29, 0.717) is 5.82 Å².